The van der Waals surface area contributed by atoms with Gasteiger partial charge in [0.25, 0.3) is 0 Å². The molecule has 48 heavy (non-hydrogen) atoms. The van der Waals surface area contributed by atoms with Crippen LogP contribution >= 0.6 is 0 Å². The first-order chi connectivity index (χ1) is 23.7. The standard InChI is InChI=1S/C45H33N3/c1-3-30(2)47-41-20-12-10-18-36(41)38-26-33(22-24-43(38)47)34-23-25-44-39(27-34)37-19-11-13-21-42(37)48(44)45-29-35(31-14-6-4-7-15-31)28-40(46-45)32-16-8-5-9-17-32/h3-27,29,35H,1-2,28H2. The Balaban J connectivity index is 1.23. The van der Waals surface area contributed by atoms with Crippen molar-refractivity contribution in [1.29, 1.82) is 0 Å². The normalized spacial score (nSPS) is 14.8. The molecular formula is C45H33N3. The van der Waals surface area contributed by atoms with Crippen LogP contribution in [0.5, 0.6) is 0 Å². The highest BCUT2D eigenvalue weighted by Gasteiger charge is 2.23. The summed E-state index contributed by atoms with van der Waals surface area (Å²) in [7, 11) is 0. The molecule has 9 rings (SSSR count). The van der Waals surface area contributed by atoms with E-state index in [9.17, 15) is 0 Å². The molecule has 0 aliphatic carbocycles. The van der Waals surface area contributed by atoms with E-state index in [2.05, 4.69) is 174 Å². The van der Waals surface area contributed by atoms with Crippen molar-refractivity contribution >= 4 is 60.8 Å². The fraction of sp³-hybridized carbons (Fsp3) is 0.0444. The minimum atomic E-state index is 0.218. The first-order valence-electron chi connectivity index (χ1n) is 16.5. The second-order valence-electron chi connectivity index (χ2n) is 12.5. The van der Waals surface area contributed by atoms with Crippen molar-refractivity contribution in [1.82, 2.24) is 9.13 Å². The zero-order valence-corrected chi connectivity index (χ0v) is 26.6. The molecular weight excluding hydrogens is 583 g/mol. The minimum absolute atomic E-state index is 0.218. The van der Waals surface area contributed by atoms with E-state index in [-0.39, 0.29) is 5.92 Å². The van der Waals surface area contributed by atoms with Gasteiger partial charge in [0.05, 0.1) is 27.8 Å². The van der Waals surface area contributed by atoms with Gasteiger partial charge in [0.2, 0.25) is 0 Å². The van der Waals surface area contributed by atoms with E-state index < -0.39 is 0 Å². The maximum absolute atomic E-state index is 5.36. The topological polar surface area (TPSA) is 22.2 Å². The van der Waals surface area contributed by atoms with Crippen molar-refractivity contribution in [3.63, 3.8) is 0 Å². The van der Waals surface area contributed by atoms with Crippen molar-refractivity contribution in [2.75, 3.05) is 0 Å². The number of rotatable bonds is 6. The fourth-order valence-corrected chi connectivity index (χ4v) is 7.47. The summed E-state index contributed by atoms with van der Waals surface area (Å²) in [5.41, 5.74) is 11.4. The van der Waals surface area contributed by atoms with Crippen LogP contribution in [0.1, 0.15) is 23.5 Å². The second-order valence-corrected chi connectivity index (χ2v) is 12.5. The number of hydrogen-bond acceptors (Lipinski definition) is 1. The molecule has 1 unspecified atom stereocenters. The van der Waals surface area contributed by atoms with Crippen molar-refractivity contribution in [2.45, 2.75) is 12.3 Å². The van der Waals surface area contributed by atoms with E-state index in [0.717, 1.165) is 45.7 Å². The summed E-state index contributed by atoms with van der Waals surface area (Å²) in [4.78, 5) is 5.36. The van der Waals surface area contributed by atoms with Crippen molar-refractivity contribution in [3.8, 4) is 11.1 Å². The molecule has 0 fully saturated rings. The third kappa shape index (κ3) is 4.47. The Morgan fingerprint density at radius 1 is 0.583 bits per heavy atom. The first-order valence-corrected chi connectivity index (χ1v) is 16.5. The molecule has 1 aliphatic heterocycles. The zero-order chi connectivity index (χ0) is 32.2. The molecule has 3 nitrogen and oxygen atoms in total. The largest absolute Gasteiger partial charge is 0.310 e. The van der Waals surface area contributed by atoms with Gasteiger partial charge in [0.1, 0.15) is 5.82 Å². The SMILES string of the molecule is C=CC(=C)n1c2ccccc2c2cc(-c3ccc4c(c3)c3ccccc3n4C3=CC(c4ccccc4)CC(c4ccccc4)=N3)ccc21. The second kappa shape index (κ2) is 11.3. The van der Waals surface area contributed by atoms with Gasteiger partial charge in [-0.1, -0.05) is 122 Å². The Kier molecular flexibility index (Phi) is 6.58. The van der Waals surface area contributed by atoms with Crippen molar-refractivity contribution < 1.29 is 0 Å². The van der Waals surface area contributed by atoms with Crippen LogP contribution in [-0.4, -0.2) is 14.8 Å². The van der Waals surface area contributed by atoms with Gasteiger partial charge in [0.15, 0.2) is 0 Å². The molecule has 228 valence electrons. The zero-order valence-electron chi connectivity index (χ0n) is 26.6. The lowest BCUT2D eigenvalue weighted by atomic mass is 9.89. The third-order valence-corrected chi connectivity index (χ3v) is 9.78. The van der Waals surface area contributed by atoms with Crippen LogP contribution in [0.4, 0.5) is 0 Å². The number of aliphatic imine (C=N–C) groups is 1. The summed E-state index contributed by atoms with van der Waals surface area (Å²) in [6.45, 7) is 8.26. The average molecular weight is 616 g/mol. The molecule has 2 aromatic heterocycles. The summed E-state index contributed by atoms with van der Waals surface area (Å²) >= 11 is 0. The number of benzene rings is 6. The number of allylic oxidation sites excluding steroid dienone is 3. The maximum atomic E-state index is 5.36. The van der Waals surface area contributed by atoms with Crippen molar-refractivity contribution in [2.24, 2.45) is 4.99 Å². The number of para-hydroxylation sites is 2. The Morgan fingerprint density at radius 2 is 1.12 bits per heavy atom. The maximum Gasteiger partial charge on any atom is 0.134 e. The number of nitrogens with zero attached hydrogens (tertiary/aromatic N) is 3. The van der Waals surface area contributed by atoms with Gasteiger partial charge in [0, 0.05) is 39.6 Å². The molecule has 8 aromatic rings. The van der Waals surface area contributed by atoms with Gasteiger partial charge >= 0.3 is 0 Å². The van der Waals surface area contributed by atoms with Crippen LogP contribution in [0.2, 0.25) is 0 Å². The molecule has 0 N–H and O–H groups in total. The molecule has 0 spiro atoms. The molecule has 0 radical (unpaired) electrons. The van der Waals surface area contributed by atoms with Crippen LogP contribution in [0.15, 0.2) is 176 Å². The van der Waals surface area contributed by atoms with Crippen LogP contribution < -0.4 is 0 Å². The van der Waals surface area contributed by atoms with E-state index in [1.165, 1.54) is 43.8 Å². The molecule has 3 heterocycles. The fourth-order valence-electron chi connectivity index (χ4n) is 7.47. The highest BCUT2D eigenvalue weighted by Crippen LogP contribution is 2.40. The van der Waals surface area contributed by atoms with Crippen LogP contribution in [0.3, 0.4) is 0 Å². The lowest BCUT2D eigenvalue weighted by molar-refractivity contribution is 0.867. The molecule has 3 heteroatoms. The van der Waals surface area contributed by atoms with Crippen LogP contribution in [-0.2, 0) is 0 Å². The van der Waals surface area contributed by atoms with Crippen LogP contribution in [0, 0.1) is 0 Å². The predicted octanol–water partition coefficient (Wildman–Crippen LogP) is 11.7. The van der Waals surface area contributed by atoms with Crippen LogP contribution in [0.25, 0.3) is 66.3 Å². The smallest absolute Gasteiger partial charge is 0.134 e. The van der Waals surface area contributed by atoms with E-state index in [4.69, 9.17) is 4.99 Å². The Hall–Kier alpha value is -6.19. The Bertz CT molecular complexity index is 2610. The van der Waals surface area contributed by atoms with Gasteiger partial charge in [-0.2, -0.15) is 0 Å². The van der Waals surface area contributed by atoms with E-state index >= 15 is 0 Å². The van der Waals surface area contributed by atoms with Gasteiger partial charge in [-0.25, -0.2) is 4.99 Å². The minimum Gasteiger partial charge on any atom is -0.310 e. The highest BCUT2D eigenvalue weighted by molar-refractivity contribution is 6.14. The molecule has 0 saturated carbocycles. The highest BCUT2D eigenvalue weighted by atomic mass is 15.1. The van der Waals surface area contributed by atoms with Gasteiger partial charge < -0.3 is 4.57 Å². The summed E-state index contributed by atoms with van der Waals surface area (Å²) in [5, 5.41) is 4.84. The Morgan fingerprint density at radius 3 is 1.83 bits per heavy atom. The number of fused-ring (bicyclic) bond motifs is 6. The molecule has 0 amide bonds. The van der Waals surface area contributed by atoms with E-state index in [1.54, 1.807) is 0 Å². The summed E-state index contributed by atoms with van der Waals surface area (Å²) in [6.07, 6.45) is 5.03. The lowest BCUT2D eigenvalue weighted by Crippen LogP contribution is -2.14. The summed E-state index contributed by atoms with van der Waals surface area (Å²) < 4.78 is 4.55. The molecule has 1 aliphatic rings. The summed E-state index contributed by atoms with van der Waals surface area (Å²) in [6, 6.07) is 52.2. The van der Waals surface area contributed by atoms with Gasteiger partial charge in [-0.15, -0.1) is 0 Å². The Labute approximate surface area is 279 Å². The first kappa shape index (κ1) is 28.1. The molecule has 0 saturated heterocycles. The molecule has 0 bridgehead atoms. The average Bonchev–Trinajstić information content (AvgIpc) is 3.67. The number of aromatic nitrogens is 2. The van der Waals surface area contributed by atoms with E-state index in [1.807, 2.05) is 6.08 Å². The lowest BCUT2D eigenvalue weighted by Gasteiger charge is -2.23. The number of hydrogen-bond donors (Lipinski definition) is 0. The van der Waals surface area contributed by atoms with Gasteiger partial charge in [-0.3, -0.25) is 4.57 Å². The monoisotopic (exact) mass is 615 g/mol. The quantitative estimate of drug-likeness (QED) is 0.166. The molecule has 6 aromatic carbocycles. The molecule has 1 atom stereocenters. The van der Waals surface area contributed by atoms with Gasteiger partial charge in [-0.05, 0) is 70.8 Å². The summed E-state index contributed by atoms with van der Waals surface area (Å²) in [5.74, 6) is 1.18. The predicted molar refractivity (Wildman–Crippen MR) is 204 cm³/mol. The van der Waals surface area contributed by atoms with E-state index in [0.29, 0.717) is 0 Å². The third-order valence-electron chi connectivity index (χ3n) is 9.78. The van der Waals surface area contributed by atoms with Crippen molar-refractivity contribution in [3.05, 3.63) is 182 Å².